The molecule has 1 fully saturated rings. The van der Waals surface area contributed by atoms with Crippen LogP contribution in [-0.4, -0.2) is 46.4 Å². The molecule has 0 aliphatic carbocycles. The zero-order valence-corrected chi connectivity index (χ0v) is 24.4. The van der Waals surface area contributed by atoms with Gasteiger partial charge >= 0.3 is 11.9 Å². The largest absolute Gasteiger partial charge is 0.468 e. The van der Waals surface area contributed by atoms with Crippen molar-refractivity contribution >= 4 is 36.5 Å². The molecule has 204 valence electrons. The predicted octanol–water partition coefficient (Wildman–Crippen LogP) is 5.25. The molecule has 1 saturated heterocycles. The van der Waals surface area contributed by atoms with Crippen molar-refractivity contribution in [1.82, 2.24) is 0 Å². The molecule has 6 heteroatoms. The van der Waals surface area contributed by atoms with E-state index in [0.29, 0.717) is 6.04 Å². The van der Waals surface area contributed by atoms with Crippen LogP contribution in [0.3, 0.4) is 0 Å². The summed E-state index contributed by atoms with van der Waals surface area (Å²) in [6, 6.07) is 31.7. The molecule has 4 rings (SSSR count). The van der Waals surface area contributed by atoms with Crippen LogP contribution in [-0.2, 0) is 23.8 Å². The summed E-state index contributed by atoms with van der Waals surface area (Å²) in [4.78, 5) is 26.8. The van der Waals surface area contributed by atoms with Crippen molar-refractivity contribution < 1.29 is 23.8 Å². The normalized spacial score (nSPS) is 19.1. The predicted molar refractivity (Wildman–Crippen MR) is 158 cm³/mol. The number of methoxy groups -OCH3 is 2. The van der Waals surface area contributed by atoms with Crippen molar-refractivity contribution in [1.29, 1.82) is 0 Å². The van der Waals surface area contributed by atoms with Gasteiger partial charge in [0.15, 0.2) is 5.41 Å². The van der Waals surface area contributed by atoms with Crippen molar-refractivity contribution in [3.05, 3.63) is 103 Å². The molecule has 0 spiro atoms. The molecule has 0 N–H and O–H groups in total. The van der Waals surface area contributed by atoms with Crippen molar-refractivity contribution in [3.8, 4) is 0 Å². The average molecular weight is 543 g/mol. The molecule has 5 nitrogen and oxygen atoms in total. The van der Waals surface area contributed by atoms with E-state index in [4.69, 9.17) is 14.2 Å². The van der Waals surface area contributed by atoms with Gasteiger partial charge in [-0.3, -0.25) is 9.59 Å². The third-order valence-electron chi connectivity index (χ3n) is 8.08. The van der Waals surface area contributed by atoms with E-state index in [1.807, 2.05) is 48.5 Å². The van der Waals surface area contributed by atoms with Gasteiger partial charge in [-0.05, 0) is 16.6 Å². The monoisotopic (exact) mass is 542 g/mol. The number of benzene rings is 3. The van der Waals surface area contributed by atoms with E-state index >= 15 is 0 Å². The topological polar surface area (TPSA) is 61.8 Å². The number of hydrogen-bond donors (Lipinski definition) is 0. The first-order valence-corrected chi connectivity index (χ1v) is 15.6. The van der Waals surface area contributed by atoms with E-state index in [2.05, 4.69) is 69.3 Å². The fourth-order valence-electron chi connectivity index (χ4n) is 6.15. The lowest BCUT2D eigenvalue weighted by molar-refractivity contribution is -0.171. The fraction of sp³-hybridized carbons (Fsp3) is 0.333. The van der Waals surface area contributed by atoms with Gasteiger partial charge in [0.05, 0.1) is 20.3 Å². The maximum Gasteiger partial charge on any atom is 0.326 e. The van der Waals surface area contributed by atoms with Gasteiger partial charge in [0.1, 0.15) is 14.2 Å². The maximum absolute atomic E-state index is 13.4. The summed E-state index contributed by atoms with van der Waals surface area (Å²) in [5.74, 6) is -1.27. The second kappa shape index (κ2) is 11.7. The van der Waals surface area contributed by atoms with E-state index in [1.165, 1.54) is 24.6 Å². The van der Waals surface area contributed by atoms with Crippen LogP contribution in [0, 0.1) is 5.41 Å². The van der Waals surface area contributed by atoms with Crippen molar-refractivity contribution in [3.63, 3.8) is 0 Å². The molecule has 3 aromatic carbocycles. The zero-order valence-electron chi connectivity index (χ0n) is 23.4. The highest BCUT2D eigenvalue weighted by molar-refractivity contribution is 7.04. The minimum Gasteiger partial charge on any atom is -0.468 e. The average Bonchev–Trinajstić information content (AvgIpc) is 3.33. The van der Waals surface area contributed by atoms with Crippen LogP contribution in [0.5, 0.6) is 0 Å². The summed E-state index contributed by atoms with van der Waals surface area (Å²) < 4.78 is 17.1. The summed E-state index contributed by atoms with van der Waals surface area (Å²) in [6.45, 7) is 6.86. The van der Waals surface area contributed by atoms with Gasteiger partial charge in [0.25, 0.3) is 0 Å². The molecule has 2 atom stereocenters. The van der Waals surface area contributed by atoms with Gasteiger partial charge in [-0.25, -0.2) is 0 Å². The van der Waals surface area contributed by atoms with E-state index in [9.17, 15) is 9.59 Å². The minimum absolute atomic E-state index is 0.101. The van der Waals surface area contributed by atoms with Gasteiger partial charge in [0, 0.05) is 6.42 Å². The number of hydrogen-bond acceptors (Lipinski definition) is 5. The number of esters is 2. The molecule has 0 saturated carbocycles. The first-order valence-electron chi connectivity index (χ1n) is 13.4. The standard InChI is InChI=1S/C33H38O5Si/c1-32(2,3)39(27-17-11-7-12-18-27,28-19-13-8-14-20-28)24-26-23-33(30(34)36-4,31(35)37-5)29(38-26)22-21-25-15-9-6-10-16-25/h6-22,26,29H,23-24H2,1-5H3/b22-21+. The van der Waals surface area contributed by atoms with Crippen LogP contribution in [0.1, 0.15) is 32.8 Å². The smallest absolute Gasteiger partial charge is 0.326 e. The van der Waals surface area contributed by atoms with E-state index < -0.39 is 31.5 Å². The molecule has 1 heterocycles. The lowest BCUT2D eigenvalue weighted by Crippen LogP contribution is -2.65. The van der Waals surface area contributed by atoms with Crippen LogP contribution in [0.4, 0.5) is 0 Å². The van der Waals surface area contributed by atoms with Crippen LogP contribution >= 0.6 is 0 Å². The summed E-state index contributed by atoms with van der Waals surface area (Å²) in [7, 11) is 0.0754. The fourth-order valence-corrected chi connectivity index (χ4v) is 11.7. The Labute approximate surface area is 232 Å². The Morgan fingerprint density at radius 1 is 0.846 bits per heavy atom. The molecule has 3 aromatic rings. The first kappa shape index (κ1) is 28.5. The number of rotatable bonds is 8. The van der Waals surface area contributed by atoms with Crippen molar-refractivity contribution in [2.45, 2.75) is 50.5 Å². The summed E-state index contributed by atoms with van der Waals surface area (Å²) >= 11 is 0. The highest BCUT2D eigenvalue weighted by atomic mass is 28.3. The Morgan fingerprint density at radius 3 is 1.74 bits per heavy atom. The van der Waals surface area contributed by atoms with Gasteiger partial charge in [-0.1, -0.05) is 134 Å². The van der Waals surface area contributed by atoms with Gasteiger partial charge in [-0.2, -0.15) is 0 Å². The van der Waals surface area contributed by atoms with Gasteiger partial charge in [0.2, 0.25) is 0 Å². The number of carbonyl (C=O) groups is 2. The Bertz CT molecular complexity index is 1230. The number of ether oxygens (including phenoxy) is 3. The second-order valence-electron chi connectivity index (χ2n) is 11.2. The molecule has 2 unspecified atom stereocenters. The summed E-state index contributed by atoms with van der Waals surface area (Å²) in [5.41, 5.74) is -0.648. The summed E-state index contributed by atoms with van der Waals surface area (Å²) in [5, 5.41) is 2.48. The van der Waals surface area contributed by atoms with Crippen LogP contribution in [0.25, 0.3) is 6.08 Å². The maximum atomic E-state index is 13.4. The lowest BCUT2D eigenvalue weighted by Gasteiger charge is -2.45. The molecule has 1 aliphatic rings. The highest BCUT2D eigenvalue weighted by Crippen LogP contribution is 2.47. The second-order valence-corrected chi connectivity index (χ2v) is 16.1. The zero-order chi connectivity index (χ0) is 28.1. The van der Waals surface area contributed by atoms with E-state index in [-0.39, 0.29) is 17.6 Å². The molecule has 0 amide bonds. The van der Waals surface area contributed by atoms with Crippen molar-refractivity contribution in [2.75, 3.05) is 14.2 Å². The molecule has 0 aromatic heterocycles. The third-order valence-corrected chi connectivity index (χ3v) is 14.4. The van der Waals surface area contributed by atoms with E-state index in [0.717, 1.165) is 5.56 Å². The molecular weight excluding hydrogens is 504 g/mol. The summed E-state index contributed by atoms with van der Waals surface area (Å²) in [6.07, 6.45) is 2.66. The first-order chi connectivity index (χ1) is 18.7. The van der Waals surface area contributed by atoms with Gasteiger partial charge < -0.3 is 14.2 Å². The molecular formula is C33H38O5Si. The Kier molecular flexibility index (Phi) is 8.57. The van der Waals surface area contributed by atoms with E-state index in [1.54, 1.807) is 6.08 Å². The minimum atomic E-state index is -2.54. The Balaban J connectivity index is 1.84. The Morgan fingerprint density at radius 2 is 1.31 bits per heavy atom. The SMILES string of the molecule is COC(=O)C1(C(=O)OC)CC(C[Si](c2ccccc2)(c2ccccc2)C(C)(C)C)OC1/C=C/c1ccccc1. The Hall–Kier alpha value is -3.48. The lowest BCUT2D eigenvalue weighted by atomic mass is 9.79. The third kappa shape index (κ3) is 5.36. The molecule has 39 heavy (non-hydrogen) atoms. The van der Waals surface area contributed by atoms with Crippen molar-refractivity contribution in [2.24, 2.45) is 5.41 Å². The molecule has 0 bridgehead atoms. The quantitative estimate of drug-likeness (QED) is 0.221. The van der Waals surface area contributed by atoms with Crippen LogP contribution < -0.4 is 10.4 Å². The highest BCUT2D eigenvalue weighted by Gasteiger charge is 2.62. The van der Waals surface area contributed by atoms with Gasteiger partial charge in [-0.15, -0.1) is 0 Å². The number of carbonyl (C=O) groups excluding carboxylic acids is 2. The molecule has 1 aliphatic heterocycles. The molecule has 0 radical (unpaired) electrons. The van der Waals surface area contributed by atoms with Crippen LogP contribution in [0.15, 0.2) is 97.1 Å². The van der Waals surface area contributed by atoms with Crippen LogP contribution in [0.2, 0.25) is 11.1 Å².